The summed E-state index contributed by atoms with van der Waals surface area (Å²) in [6.07, 6.45) is 5.25. The average Bonchev–Trinajstić information content (AvgIpc) is 2.96. The number of nitrogens with zero attached hydrogens (tertiary/aromatic N) is 2. The first-order valence-corrected chi connectivity index (χ1v) is 6.94. The highest BCUT2D eigenvalue weighted by Gasteiger charge is 2.28. The van der Waals surface area contributed by atoms with Crippen molar-refractivity contribution in [1.29, 1.82) is 0 Å². The van der Waals surface area contributed by atoms with Gasteiger partial charge in [-0.25, -0.2) is 0 Å². The smallest absolute Gasteiger partial charge is 0.315 e. The standard InChI is InChI=1S/C13H24N4O/c1-4-14-10(2)11-16-17-12(18-11)15-9-13(3)7-5-6-8-13/h10,14H,4-9H2,1-3H3,(H,15,17). The molecule has 0 saturated heterocycles. The fourth-order valence-electron chi connectivity index (χ4n) is 2.57. The molecule has 1 fully saturated rings. The highest BCUT2D eigenvalue weighted by atomic mass is 16.4. The molecule has 0 spiro atoms. The molecule has 1 unspecified atom stereocenters. The van der Waals surface area contributed by atoms with Gasteiger partial charge in [-0.1, -0.05) is 31.8 Å². The molecule has 5 nitrogen and oxygen atoms in total. The van der Waals surface area contributed by atoms with Crippen molar-refractivity contribution in [2.75, 3.05) is 18.4 Å². The molecule has 1 heterocycles. The summed E-state index contributed by atoms with van der Waals surface area (Å²) < 4.78 is 5.61. The number of nitrogens with one attached hydrogen (secondary N) is 2. The number of rotatable bonds is 6. The van der Waals surface area contributed by atoms with Crippen molar-refractivity contribution in [1.82, 2.24) is 15.5 Å². The van der Waals surface area contributed by atoms with Gasteiger partial charge in [-0.2, -0.15) is 0 Å². The summed E-state index contributed by atoms with van der Waals surface area (Å²) in [6.45, 7) is 8.23. The SMILES string of the molecule is CCNC(C)c1nnc(NCC2(C)CCCC2)o1. The van der Waals surface area contributed by atoms with Crippen LogP contribution in [0.1, 0.15) is 58.4 Å². The van der Waals surface area contributed by atoms with Crippen molar-refractivity contribution in [3.8, 4) is 0 Å². The van der Waals surface area contributed by atoms with Gasteiger partial charge in [0.2, 0.25) is 5.89 Å². The van der Waals surface area contributed by atoms with E-state index in [1.54, 1.807) is 0 Å². The van der Waals surface area contributed by atoms with Gasteiger partial charge in [0.1, 0.15) is 0 Å². The summed E-state index contributed by atoms with van der Waals surface area (Å²) in [4.78, 5) is 0. The molecule has 1 aromatic rings. The fraction of sp³-hybridized carbons (Fsp3) is 0.846. The predicted octanol–water partition coefficient (Wildman–Crippen LogP) is 2.73. The van der Waals surface area contributed by atoms with Gasteiger partial charge in [0, 0.05) is 6.54 Å². The molecule has 0 aromatic carbocycles. The Morgan fingerprint density at radius 3 is 2.72 bits per heavy atom. The Balaban J connectivity index is 1.86. The lowest BCUT2D eigenvalue weighted by molar-refractivity contribution is 0.355. The maximum Gasteiger partial charge on any atom is 0.315 e. The Morgan fingerprint density at radius 2 is 2.06 bits per heavy atom. The summed E-state index contributed by atoms with van der Waals surface area (Å²) in [5, 5.41) is 14.6. The number of aromatic nitrogens is 2. The second kappa shape index (κ2) is 5.69. The van der Waals surface area contributed by atoms with Crippen molar-refractivity contribution in [2.45, 2.75) is 52.5 Å². The van der Waals surface area contributed by atoms with Crippen molar-refractivity contribution in [3.63, 3.8) is 0 Å². The highest BCUT2D eigenvalue weighted by molar-refractivity contribution is 5.18. The maximum absolute atomic E-state index is 5.61. The largest absolute Gasteiger partial charge is 0.406 e. The van der Waals surface area contributed by atoms with E-state index in [2.05, 4.69) is 34.7 Å². The third kappa shape index (κ3) is 3.22. The molecule has 2 N–H and O–H groups in total. The van der Waals surface area contributed by atoms with Gasteiger partial charge in [-0.3, -0.25) is 0 Å². The Hall–Kier alpha value is -1.10. The molecular formula is C13H24N4O. The fourth-order valence-corrected chi connectivity index (χ4v) is 2.57. The molecule has 1 atom stereocenters. The van der Waals surface area contributed by atoms with Gasteiger partial charge in [0.05, 0.1) is 6.04 Å². The molecule has 1 aromatic heterocycles. The molecule has 0 bridgehead atoms. The quantitative estimate of drug-likeness (QED) is 0.815. The number of hydrogen-bond acceptors (Lipinski definition) is 5. The molecule has 1 aliphatic rings. The summed E-state index contributed by atoms with van der Waals surface area (Å²) in [6, 6.07) is 0.656. The monoisotopic (exact) mass is 252 g/mol. The zero-order valence-corrected chi connectivity index (χ0v) is 11.6. The van der Waals surface area contributed by atoms with E-state index >= 15 is 0 Å². The van der Waals surface area contributed by atoms with E-state index in [0.29, 0.717) is 17.3 Å². The molecule has 0 radical (unpaired) electrons. The van der Waals surface area contributed by atoms with Gasteiger partial charge in [-0.05, 0) is 31.7 Å². The van der Waals surface area contributed by atoms with E-state index in [-0.39, 0.29) is 6.04 Å². The van der Waals surface area contributed by atoms with Gasteiger partial charge in [0.25, 0.3) is 0 Å². The molecule has 1 saturated carbocycles. The average molecular weight is 252 g/mol. The van der Waals surface area contributed by atoms with Crippen LogP contribution < -0.4 is 10.6 Å². The van der Waals surface area contributed by atoms with E-state index in [4.69, 9.17) is 4.42 Å². The zero-order valence-electron chi connectivity index (χ0n) is 11.6. The van der Waals surface area contributed by atoms with Gasteiger partial charge in [0.15, 0.2) is 0 Å². The first-order valence-electron chi connectivity index (χ1n) is 6.94. The summed E-state index contributed by atoms with van der Waals surface area (Å²) in [7, 11) is 0. The molecule has 18 heavy (non-hydrogen) atoms. The molecule has 102 valence electrons. The molecule has 5 heteroatoms. The van der Waals surface area contributed by atoms with Crippen molar-refractivity contribution in [2.24, 2.45) is 5.41 Å². The molecule has 1 aliphatic carbocycles. The third-order valence-corrected chi connectivity index (χ3v) is 3.80. The number of hydrogen-bond donors (Lipinski definition) is 2. The number of anilines is 1. The second-order valence-corrected chi connectivity index (χ2v) is 5.60. The van der Waals surface area contributed by atoms with Crippen LogP contribution in [0.15, 0.2) is 4.42 Å². The minimum absolute atomic E-state index is 0.111. The topological polar surface area (TPSA) is 63.0 Å². The Labute approximate surface area is 109 Å². The van der Waals surface area contributed by atoms with Crippen LogP contribution in [0.25, 0.3) is 0 Å². The van der Waals surface area contributed by atoms with E-state index in [1.165, 1.54) is 25.7 Å². The van der Waals surface area contributed by atoms with Crippen molar-refractivity contribution >= 4 is 6.01 Å². The first kappa shape index (κ1) is 13.3. The van der Waals surface area contributed by atoms with Crippen LogP contribution in [0.4, 0.5) is 6.01 Å². The lowest BCUT2D eigenvalue weighted by atomic mass is 9.89. The van der Waals surface area contributed by atoms with Gasteiger partial charge >= 0.3 is 6.01 Å². The second-order valence-electron chi connectivity index (χ2n) is 5.60. The van der Waals surface area contributed by atoms with E-state index < -0.39 is 0 Å². The summed E-state index contributed by atoms with van der Waals surface area (Å²) >= 11 is 0. The predicted molar refractivity (Wildman–Crippen MR) is 71.5 cm³/mol. The van der Waals surface area contributed by atoms with Gasteiger partial charge in [-0.15, -0.1) is 5.10 Å². The lowest BCUT2D eigenvalue weighted by Gasteiger charge is -2.22. The van der Waals surface area contributed by atoms with E-state index in [9.17, 15) is 0 Å². The summed E-state index contributed by atoms with van der Waals surface area (Å²) in [5.41, 5.74) is 0.391. The van der Waals surface area contributed by atoms with E-state index in [0.717, 1.165) is 13.1 Å². The zero-order chi connectivity index (χ0) is 13.0. The van der Waals surface area contributed by atoms with Gasteiger partial charge < -0.3 is 15.1 Å². The van der Waals surface area contributed by atoms with Crippen LogP contribution in [-0.2, 0) is 0 Å². The van der Waals surface area contributed by atoms with Crippen LogP contribution in [0.3, 0.4) is 0 Å². The third-order valence-electron chi connectivity index (χ3n) is 3.80. The summed E-state index contributed by atoms with van der Waals surface area (Å²) in [5.74, 6) is 0.649. The normalized spacial score (nSPS) is 19.9. The molecule has 0 amide bonds. The Bertz CT molecular complexity index is 371. The lowest BCUT2D eigenvalue weighted by Crippen LogP contribution is -2.23. The highest BCUT2D eigenvalue weighted by Crippen LogP contribution is 2.37. The maximum atomic E-state index is 5.61. The molecule has 2 rings (SSSR count). The Kier molecular flexibility index (Phi) is 4.22. The van der Waals surface area contributed by atoms with Crippen molar-refractivity contribution in [3.05, 3.63) is 5.89 Å². The Morgan fingerprint density at radius 1 is 1.33 bits per heavy atom. The van der Waals surface area contributed by atoms with Crippen LogP contribution in [-0.4, -0.2) is 23.3 Å². The minimum atomic E-state index is 0.111. The molecular weight excluding hydrogens is 228 g/mol. The first-order chi connectivity index (χ1) is 8.63. The van der Waals surface area contributed by atoms with Crippen LogP contribution in [0.5, 0.6) is 0 Å². The van der Waals surface area contributed by atoms with Crippen molar-refractivity contribution < 1.29 is 4.42 Å². The van der Waals surface area contributed by atoms with Crippen LogP contribution in [0.2, 0.25) is 0 Å². The van der Waals surface area contributed by atoms with Crippen LogP contribution >= 0.6 is 0 Å². The molecule has 0 aliphatic heterocycles. The minimum Gasteiger partial charge on any atom is -0.406 e. The van der Waals surface area contributed by atoms with Crippen LogP contribution in [0, 0.1) is 5.41 Å². The van der Waals surface area contributed by atoms with E-state index in [1.807, 2.05) is 6.92 Å².